The van der Waals surface area contributed by atoms with E-state index in [0.29, 0.717) is 5.69 Å². The van der Waals surface area contributed by atoms with Crippen LogP contribution in [-0.2, 0) is 0 Å². The standard InChI is InChI=1S/C18H30FNS/c1-2-3-4-5-6-7-8-9-10-11-14-21-18-13-12-16(20)15-17(18)19/h12-13,15H,2-11,14,20H2,1H3. The number of hydrogen-bond acceptors (Lipinski definition) is 2. The second-order valence-electron chi connectivity index (χ2n) is 5.72. The van der Waals surface area contributed by atoms with Crippen LogP contribution in [-0.4, -0.2) is 5.75 Å². The number of nitrogen functional groups attached to an aromatic ring is 1. The molecule has 2 N–H and O–H groups in total. The normalized spacial score (nSPS) is 11.0. The van der Waals surface area contributed by atoms with Gasteiger partial charge in [-0.15, -0.1) is 11.8 Å². The highest BCUT2D eigenvalue weighted by molar-refractivity contribution is 7.99. The zero-order valence-corrected chi connectivity index (χ0v) is 14.2. The minimum atomic E-state index is -0.188. The maximum atomic E-state index is 13.6. The molecule has 0 radical (unpaired) electrons. The topological polar surface area (TPSA) is 26.0 Å². The van der Waals surface area contributed by atoms with E-state index in [1.54, 1.807) is 23.9 Å². The third kappa shape index (κ3) is 9.02. The molecule has 0 aliphatic rings. The first-order valence-electron chi connectivity index (χ1n) is 8.42. The molecule has 0 aromatic heterocycles. The Morgan fingerprint density at radius 2 is 1.48 bits per heavy atom. The maximum Gasteiger partial charge on any atom is 0.138 e. The van der Waals surface area contributed by atoms with Crippen LogP contribution in [0.2, 0.25) is 0 Å². The Morgan fingerprint density at radius 3 is 2.05 bits per heavy atom. The fourth-order valence-corrected chi connectivity index (χ4v) is 3.34. The summed E-state index contributed by atoms with van der Waals surface area (Å²) < 4.78 is 13.6. The number of thioether (sulfide) groups is 1. The average molecular weight is 312 g/mol. The fourth-order valence-electron chi connectivity index (χ4n) is 2.41. The van der Waals surface area contributed by atoms with E-state index in [4.69, 9.17) is 5.73 Å². The van der Waals surface area contributed by atoms with Crippen LogP contribution in [0.4, 0.5) is 10.1 Å². The van der Waals surface area contributed by atoms with Crippen molar-refractivity contribution in [2.75, 3.05) is 11.5 Å². The van der Waals surface area contributed by atoms with Gasteiger partial charge in [0.1, 0.15) is 5.82 Å². The predicted molar refractivity (Wildman–Crippen MR) is 93.4 cm³/mol. The van der Waals surface area contributed by atoms with Crippen molar-refractivity contribution in [3.63, 3.8) is 0 Å². The summed E-state index contributed by atoms with van der Waals surface area (Å²) in [7, 11) is 0. The van der Waals surface area contributed by atoms with E-state index in [1.807, 2.05) is 0 Å². The molecular formula is C18H30FNS. The summed E-state index contributed by atoms with van der Waals surface area (Å²) in [5.41, 5.74) is 6.04. The van der Waals surface area contributed by atoms with E-state index in [-0.39, 0.29) is 5.82 Å². The van der Waals surface area contributed by atoms with Crippen molar-refractivity contribution < 1.29 is 4.39 Å². The molecule has 1 rings (SSSR count). The van der Waals surface area contributed by atoms with Crippen LogP contribution in [0.15, 0.2) is 23.1 Å². The van der Waals surface area contributed by atoms with Gasteiger partial charge in [-0.2, -0.15) is 0 Å². The van der Waals surface area contributed by atoms with Gasteiger partial charge < -0.3 is 5.73 Å². The third-order valence-corrected chi connectivity index (χ3v) is 4.85. The average Bonchev–Trinajstić information content (AvgIpc) is 2.46. The molecule has 1 aromatic rings. The quantitative estimate of drug-likeness (QED) is 0.274. The lowest BCUT2D eigenvalue weighted by Crippen LogP contribution is -1.89. The number of halogens is 1. The fraction of sp³-hybridized carbons (Fsp3) is 0.667. The molecule has 0 saturated heterocycles. The van der Waals surface area contributed by atoms with Crippen molar-refractivity contribution in [2.24, 2.45) is 0 Å². The van der Waals surface area contributed by atoms with Crippen molar-refractivity contribution in [3.05, 3.63) is 24.0 Å². The lowest BCUT2D eigenvalue weighted by Gasteiger charge is -2.04. The van der Waals surface area contributed by atoms with Gasteiger partial charge in [0.05, 0.1) is 0 Å². The summed E-state index contributed by atoms with van der Waals surface area (Å²) in [6.07, 6.45) is 13.4. The van der Waals surface area contributed by atoms with Crippen LogP contribution in [0, 0.1) is 5.82 Å². The lowest BCUT2D eigenvalue weighted by atomic mass is 10.1. The summed E-state index contributed by atoms with van der Waals surface area (Å²) in [6.45, 7) is 2.26. The monoisotopic (exact) mass is 311 g/mol. The van der Waals surface area contributed by atoms with Gasteiger partial charge in [0, 0.05) is 10.6 Å². The largest absolute Gasteiger partial charge is 0.399 e. The minimum absolute atomic E-state index is 0.188. The van der Waals surface area contributed by atoms with Gasteiger partial charge in [0.15, 0.2) is 0 Å². The van der Waals surface area contributed by atoms with E-state index in [2.05, 4.69) is 6.92 Å². The molecule has 1 nitrogen and oxygen atoms in total. The molecule has 0 bridgehead atoms. The lowest BCUT2D eigenvalue weighted by molar-refractivity contribution is 0.563. The number of anilines is 1. The molecule has 120 valence electrons. The Bertz CT molecular complexity index is 381. The van der Waals surface area contributed by atoms with Gasteiger partial charge in [-0.1, -0.05) is 64.7 Å². The SMILES string of the molecule is CCCCCCCCCCCCSc1ccc(N)cc1F. The van der Waals surface area contributed by atoms with Crippen molar-refractivity contribution in [3.8, 4) is 0 Å². The van der Waals surface area contributed by atoms with Gasteiger partial charge in [0.25, 0.3) is 0 Å². The van der Waals surface area contributed by atoms with Gasteiger partial charge in [0.2, 0.25) is 0 Å². The third-order valence-electron chi connectivity index (χ3n) is 3.71. The van der Waals surface area contributed by atoms with E-state index in [1.165, 1.54) is 70.3 Å². The molecule has 0 unspecified atom stereocenters. The molecule has 0 spiro atoms. The van der Waals surface area contributed by atoms with Gasteiger partial charge in [-0.3, -0.25) is 0 Å². The number of benzene rings is 1. The molecule has 0 amide bonds. The Kier molecular flexibility index (Phi) is 10.4. The van der Waals surface area contributed by atoms with E-state index < -0.39 is 0 Å². The number of nitrogens with two attached hydrogens (primary N) is 1. The smallest absolute Gasteiger partial charge is 0.138 e. The molecule has 21 heavy (non-hydrogen) atoms. The molecule has 0 aliphatic heterocycles. The highest BCUT2D eigenvalue weighted by atomic mass is 32.2. The molecule has 0 fully saturated rings. The molecule has 0 aliphatic carbocycles. The van der Waals surface area contributed by atoms with Crippen LogP contribution in [0.25, 0.3) is 0 Å². The summed E-state index contributed by atoms with van der Waals surface area (Å²) in [5.74, 6) is 0.809. The Labute approximate surface area is 133 Å². The molecule has 0 atom stereocenters. The summed E-state index contributed by atoms with van der Waals surface area (Å²) >= 11 is 1.60. The first-order valence-corrected chi connectivity index (χ1v) is 9.40. The van der Waals surface area contributed by atoms with Crippen LogP contribution in [0.1, 0.15) is 71.1 Å². The van der Waals surface area contributed by atoms with Gasteiger partial charge in [-0.05, 0) is 30.4 Å². The second kappa shape index (κ2) is 11.9. The summed E-state index contributed by atoms with van der Waals surface area (Å²) in [5, 5.41) is 0. The number of hydrogen-bond donors (Lipinski definition) is 1. The maximum absolute atomic E-state index is 13.6. The summed E-state index contributed by atoms with van der Waals surface area (Å²) in [6, 6.07) is 4.95. The minimum Gasteiger partial charge on any atom is -0.399 e. The summed E-state index contributed by atoms with van der Waals surface area (Å²) in [4.78, 5) is 0.722. The molecular weight excluding hydrogens is 281 g/mol. The molecule has 1 aromatic carbocycles. The van der Waals surface area contributed by atoms with Crippen molar-refractivity contribution in [1.29, 1.82) is 0 Å². The van der Waals surface area contributed by atoms with Crippen molar-refractivity contribution >= 4 is 17.4 Å². The first kappa shape index (κ1) is 18.3. The Morgan fingerprint density at radius 1 is 0.905 bits per heavy atom. The van der Waals surface area contributed by atoms with Crippen molar-refractivity contribution in [2.45, 2.75) is 76.0 Å². The Balaban J connectivity index is 1.93. The van der Waals surface area contributed by atoms with E-state index in [9.17, 15) is 4.39 Å². The molecule has 0 saturated carbocycles. The second-order valence-corrected chi connectivity index (χ2v) is 6.86. The zero-order chi connectivity index (χ0) is 15.3. The number of unbranched alkanes of at least 4 members (excludes halogenated alkanes) is 9. The van der Waals surface area contributed by atoms with Crippen LogP contribution < -0.4 is 5.73 Å². The highest BCUT2D eigenvalue weighted by Gasteiger charge is 2.02. The van der Waals surface area contributed by atoms with E-state index in [0.717, 1.165) is 10.6 Å². The van der Waals surface area contributed by atoms with Gasteiger partial charge >= 0.3 is 0 Å². The predicted octanol–water partition coefficient (Wildman–Crippen LogP) is 6.42. The van der Waals surface area contributed by atoms with Crippen molar-refractivity contribution in [1.82, 2.24) is 0 Å². The van der Waals surface area contributed by atoms with E-state index >= 15 is 0 Å². The molecule has 3 heteroatoms. The highest BCUT2D eigenvalue weighted by Crippen LogP contribution is 2.24. The zero-order valence-electron chi connectivity index (χ0n) is 13.4. The van der Waals surface area contributed by atoms with Crippen LogP contribution in [0.3, 0.4) is 0 Å². The Hall–Kier alpha value is -0.700. The van der Waals surface area contributed by atoms with Crippen LogP contribution >= 0.6 is 11.8 Å². The number of rotatable bonds is 12. The van der Waals surface area contributed by atoms with Gasteiger partial charge in [-0.25, -0.2) is 4.39 Å². The van der Waals surface area contributed by atoms with Crippen LogP contribution in [0.5, 0.6) is 0 Å². The first-order chi connectivity index (χ1) is 10.2. The molecule has 0 heterocycles.